The molecule has 0 fully saturated rings. The number of carbonyl (C=O) groups excluding carboxylic acids is 1. The van der Waals surface area contributed by atoms with Gasteiger partial charge in [-0.2, -0.15) is 8.78 Å². The minimum absolute atomic E-state index is 0.251. The van der Waals surface area contributed by atoms with E-state index in [1.54, 1.807) is 0 Å². The van der Waals surface area contributed by atoms with Crippen LogP contribution in [-0.2, 0) is 17.1 Å². The lowest BCUT2D eigenvalue weighted by molar-refractivity contribution is -0.147. The molecule has 0 saturated carbocycles. The van der Waals surface area contributed by atoms with Crippen LogP contribution in [0.1, 0.15) is 11.1 Å². The van der Waals surface area contributed by atoms with Gasteiger partial charge < -0.3 is 15.2 Å². The highest BCUT2D eigenvalue weighted by atomic mass is 19.3. The minimum atomic E-state index is -3.68. The van der Waals surface area contributed by atoms with E-state index >= 15 is 0 Å². The van der Waals surface area contributed by atoms with Gasteiger partial charge in [0.15, 0.2) is 0 Å². The van der Waals surface area contributed by atoms with Crippen LogP contribution in [0, 0.1) is 0 Å². The summed E-state index contributed by atoms with van der Waals surface area (Å²) < 4.78 is 33.2. The Balaban J connectivity index is 1.92. The maximum atomic E-state index is 14.1. The number of halogens is 2. The third kappa shape index (κ3) is 4.52. The van der Waals surface area contributed by atoms with Crippen LogP contribution in [0.5, 0.6) is 5.75 Å². The van der Waals surface area contributed by atoms with Gasteiger partial charge in [0.2, 0.25) is 0 Å². The molecule has 2 aromatic carbocycles. The summed E-state index contributed by atoms with van der Waals surface area (Å²) in [5.41, 5.74) is 0.430. The Labute approximate surface area is 139 Å². The molecule has 6 heteroatoms. The molecule has 24 heavy (non-hydrogen) atoms. The van der Waals surface area contributed by atoms with E-state index in [1.165, 1.54) is 19.2 Å². The Hall–Kier alpha value is -2.47. The number of aliphatic hydroxyl groups excluding tert-OH is 1. The number of amides is 1. The quantitative estimate of drug-likeness (QED) is 0.817. The van der Waals surface area contributed by atoms with Gasteiger partial charge in [0.05, 0.1) is 13.2 Å². The van der Waals surface area contributed by atoms with Crippen molar-refractivity contribution in [2.24, 2.45) is 0 Å². The van der Waals surface area contributed by atoms with Gasteiger partial charge in [-0.15, -0.1) is 0 Å². The Morgan fingerprint density at radius 3 is 2.38 bits per heavy atom. The van der Waals surface area contributed by atoms with Gasteiger partial charge >= 0.3 is 5.92 Å². The fourth-order valence-electron chi connectivity index (χ4n) is 2.21. The van der Waals surface area contributed by atoms with Crippen molar-refractivity contribution in [3.05, 3.63) is 65.7 Å². The normalized spacial score (nSPS) is 12.5. The molecule has 0 radical (unpaired) electrons. The second-order valence-corrected chi connectivity index (χ2v) is 5.36. The number of alkyl halides is 2. The zero-order valence-corrected chi connectivity index (χ0v) is 13.2. The zero-order valence-electron chi connectivity index (χ0n) is 13.2. The summed E-state index contributed by atoms with van der Waals surface area (Å²) in [6.45, 7) is -0.251. The third-order valence-electron chi connectivity index (χ3n) is 3.55. The van der Waals surface area contributed by atoms with Crippen molar-refractivity contribution in [2.75, 3.05) is 13.7 Å². The highest BCUT2D eigenvalue weighted by Crippen LogP contribution is 2.29. The second kappa shape index (κ2) is 7.88. The number of aliphatic hydroxyl groups is 1. The van der Waals surface area contributed by atoms with Crippen LogP contribution in [0.2, 0.25) is 0 Å². The molecule has 1 amide bonds. The molecule has 0 aliphatic carbocycles. The molecule has 0 saturated heterocycles. The predicted octanol–water partition coefficient (Wildman–Crippen LogP) is 2.51. The first-order chi connectivity index (χ1) is 11.4. The molecule has 2 N–H and O–H groups in total. The molecule has 0 aliphatic heterocycles. The topological polar surface area (TPSA) is 58.6 Å². The van der Waals surface area contributed by atoms with Gasteiger partial charge in [-0.25, -0.2) is 0 Å². The fourth-order valence-corrected chi connectivity index (χ4v) is 2.21. The summed E-state index contributed by atoms with van der Waals surface area (Å²) in [5, 5.41) is 12.0. The van der Waals surface area contributed by atoms with Crippen molar-refractivity contribution in [3.63, 3.8) is 0 Å². The highest BCUT2D eigenvalue weighted by Gasteiger charge is 2.40. The van der Waals surface area contributed by atoms with Gasteiger partial charge in [-0.1, -0.05) is 30.3 Å². The van der Waals surface area contributed by atoms with Crippen LogP contribution >= 0.6 is 0 Å². The lowest BCUT2D eigenvalue weighted by Crippen LogP contribution is -2.42. The van der Waals surface area contributed by atoms with E-state index in [0.717, 1.165) is 17.7 Å². The van der Waals surface area contributed by atoms with Gasteiger partial charge in [0.25, 0.3) is 5.91 Å². The largest absolute Gasteiger partial charge is 0.497 e. The molecular weight excluding hydrogens is 316 g/mol. The Kier molecular flexibility index (Phi) is 5.87. The van der Waals surface area contributed by atoms with Crippen molar-refractivity contribution in [1.82, 2.24) is 5.32 Å². The minimum Gasteiger partial charge on any atom is -0.497 e. The van der Waals surface area contributed by atoms with Crippen LogP contribution < -0.4 is 10.1 Å². The van der Waals surface area contributed by atoms with E-state index in [2.05, 4.69) is 5.32 Å². The van der Waals surface area contributed by atoms with Gasteiger partial charge in [0, 0.05) is 18.5 Å². The maximum absolute atomic E-state index is 14.1. The average Bonchev–Trinajstić information content (AvgIpc) is 2.60. The number of hydrogen-bond donors (Lipinski definition) is 2. The number of hydrogen-bond acceptors (Lipinski definition) is 3. The molecule has 1 atom stereocenters. The van der Waals surface area contributed by atoms with Gasteiger partial charge in [0.1, 0.15) is 5.75 Å². The molecule has 0 heterocycles. The molecule has 128 valence electrons. The first kappa shape index (κ1) is 17.9. The Morgan fingerprint density at radius 1 is 1.17 bits per heavy atom. The van der Waals surface area contributed by atoms with E-state index in [1.807, 2.05) is 30.3 Å². The van der Waals surface area contributed by atoms with Crippen molar-refractivity contribution in [1.29, 1.82) is 0 Å². The molecule has 0 spiro atoms. The molecule has 2 aromatic rings. The van der Waals surface area contributed by atoms with Crippen LogP contribution in [-0.4, -0.2) is 30.8 Å². The number of carbonyl (C=O) groups is 1. The van der Waals surface area contributed by atoms with Crippen molar-refractivity contribution in [2.45, 2.75) is 18.4 Å². The third-order valence-corrected chi connectivity index (χ3v) is 3.55. The Morgan fingerprint density at radius 2 is 1.79 bits per heavy atom. The molecule has 0 aliphatic rings. The number of methoxy groups -OCH3 is 1. The van der Waals surface area contributed by atoms with E-state index in [-0.39, 0.29) is 13.0 Å². The first-order valence-corrected chi connectivity index (χ1v) is 7.46. The summed E-state index contributed by atoms with van der Waals surface area (Å²) in [7, 11) is 1.42. The first-order valence-electron chi connectivity index (χ1n) is 7.46. The van der Waals surface area contributed by atoms with Crippen molar-refractivity contribution in [3.8, 4) is 5.75 Å². The number of benzene rings is 2. The molecule has 0 aromatic heterocycles. The smallest absolute Gasteiger partial charge is 0.349 e. The molecule has 0 bridgehead atoms. The summed E-state index contributed by atoms with van der Waals surface area (Å²) >= 11 is 0. The van der Waals surface area contributed by atoms with Crippen LogP contribution in [0.3, 0.4) is 0 Å². The highest BCUT2D eigenvalue weighted by molar-refractivity contribution is 5.84. The standard InChI is InChI=1S/C18H19F2NO3/c1-24-16-9-7-14(8-10-16)18(19,20)17(23)21-12-15(22)11-13-5-3-2-4-6-13/h2-10,15,22H,11-12H2,1H3,(H,21,23). The van der Waals surface area contributed by atoms with E-state index in [9.17, 15) is 18.7 Å². The van der Waals surface area contributed by atoms with Crippen LogP contribution in [0.25, 0.3) is 0 Å². The van der Waals surface area contributed by atoms with E-state index < -0.39 is 23.5 Å². The number of rotatable bonds is 7. The van der Waals surface area contributed by atoms with Gasteiger partial charge in [-0.05, 0) is 29.8 Å². The molecule has 2 rings (SSSR count). The molecule has 1 unspecified atom stereocenters. The number of nitrogens with one attached hydrogen (secondary N) is 1. The lowest BCUT2D eigenvalue weighted by Gasteiger charge is -2.18. The summed E-state index contributed by atoms with van der Waals surface area (Å²) in [6.07, 6.45) is -0.669. The van der Waals surface area contributed by atoms with Gasteiger partial charge in [-0.3, -0.25) is 4.79 Å². The van der Waals surface area contributed by atoms with Crippen molar-refractivity contribution < 1.29 is 23.4 Å². The summed E-state index contributed by atoms with van der Waals surface area (Å²) in [4.78, 5) is 11.8. The SMILES string of the molecule is COc1ccc(C(F)(F)C(=O)NCC(O)Cc2ccccc2)cc1. The maximum Gasteiger partial charge on any atom is 0.349 e. The predicted molar refractivity (Wildman–Crippen MR) is 86.1 cm³/mol. The average molecular weight is 335 g/mol. The summed E-state index contributed by atoms with van der Waals surface area (Å²) in [6, 6.07) is 14.1. The van der Waals surface area contributed by atoms with Crippen molar-refractivity contribution >= 4 is 5.91 Å². The second-order valence-electron chi connectivity index (χ2n) is 5.36. The monoisotopic (exact) mass is 335 g/mol. The van der Waals surface area contributed by atoms with E-state index in [0.29, 0.717) is 5.75 Å². The van der Waals surface area contributed by atoms with E-state index in [4.69, 9.17) is 4.74 Å². The van der Waals surface area contributed by atoms with Crippen LogP contribution in [0.15, 0.2) is 54.6 Å². The molecule has 4 nitrogen and oxygen atoms in total. The fraction of sp³-hybridized carbons (Fsp3) is 0.278. The van der Waals surface area contributed by atoms with Crippen LogP contribution in [0.4, 0.5) is 8.78 Å². The summed E-state index contributed by atoms with van der Waals surface area (Å²) in [5.74, 6) is -4.70. The zero-order chi connectivity index (χ0) is 17.6. The molecular formula is C18H19F2NO3. The Bertz CT molecular complexity index is 660. The number of ether oxygens (including phenoxy) is 1. The lowest BCUT2D eigenvalue weighted by atomic mass is 10.1.